The number of hydrogen-bond donors (Lipinski definition) is 1. The molecule has 142 valence electrons. The van der Waals surface area contributed by atoms with Crippen LogP contribution >= 0.6 is 0 Å². The van der Waals surface area contributed by atoms with Crippen LogP contribution in [0.3, 0.4) is 0 Å². The van der Waals surface area contributed by atoms with Crippen molar-refractivity contribution in [1.29, 1.82) is 0 Å². The summed E-state index contributed by atoms with van der Waals surface area (Å²) in [6.45, 7) is 12.9. The van der Waals surface area contributed by atoms with Crippen LogP contribution in [0.2, 0.25) is 0 Å². The van der Waals surface area contributed by atoms with Crippen molar-refractivity contribution in [2.24, 2.45) is 20.0 Å². The zero-order chi connectivity index (χ0) is 18.2. The molecule has 7 nitrogen and oxygen atoms in total. The Labute approximate surface area is 154 Å². The van der Waals surface area contributed by atoms with Crippen molar-refractivity contribution in [3.63, 3.8) is 0 Å². The monoisotopic (exact) mass is 371 g/mol. The normalized spacial score (nSPS) is 13.0. The van der Waals surface area contributed by atoms with E-state index in [2.05, 4.69) is 39.6 Å². The van der Waals surface area contributed by atoms with Gasteiger partial charge in [0.25, 0.3) is 5.56 Å². The topological polar surface area (TPSA) is 66.3 Å². The molecular weight excluding hydrogens is 342 g/mol. The van der Waals surface area contributed by atoms with E-state index in [1.807, 2.05) is 4.57 Å². The Kier molecular flexibility index (Phi) is 7.02. The van der Waals surface area contributed by atoms with Gasteiger partial charge in [-0.3, -0.25) is 13.9 Å². The van der Waals surface area contributed by atoms with Crippen LogP contribution < -0.4 is 28.6 Å². The van der Waals surface area contributed by atoms with Crippen molar-refractivity contribution in [2.45, 2.75) is 53.2 Å². The van der Waals surface area contributed by atoms with Crippen molar-refractivity contribution in [3.05, 3.63) is 27.2 Å². The van der Waals surface area contributed by atoms with E-state index in [1.54, 1.807) is 18.3 Å². The van der Waals surface area contributed by atoms with Gasteiger partial charge >= 0.3 is 5.69 Å². The first kappa shape index (κ1) is 21.4. The van der Waals surface area contributed by atoms with Gasteiger partial charge in [0.2, 0.25) is 0 Å². The Balaban J connectivity index is 0.00000312. The van der Waals surface area contributed by atoms with E-state index in [0.717, 1.165) is 11.1 Å². The molecule has 0 saturated carbocycles. The third-order valence-electron chi connectivity index (χ3n) is 4.79. The van der Waals surface area contributed by atoms with Gasteiger partial charge in [0.1, 0.15) is 0 Å². The molecule has 25 heavy (non-hydrogen) atoms. The number of aryl methyl sites for hydroxylation is 1. The third kappa shape index (κ3) is 4.15. The molecule has 0 aliphatic carbocycles. The van der Waals surface area contributed by atoms with E-state index < -0.39 is 0 Å². The maximum Gasteiger partial charge on any atom is 0.332 e. The first-order valence-electron chi connectivity index (χ1n) is 8.61. The minimum absolute atomic E-state index is 0. The molecule has 0 radical (unpaired) electrons. The molecule has 2 rings (SSSR count). The van der Waals surface area contributed by atoms with Gasteiger partial charge in [-0.2, -0.15) is 0 Å². The maximum absolute atomic E-state index is 12.5. The number of aromatic nitrogens is 4. The van der Waals surface area contributed by atoms with Crippen molar-refractivity contribution in [2.75, 3.05) is 6.54 Å². The van der Waals surface area contributed by atoms with Crippen LogP contribution in [0, 0.1) is 5.92 Å². The number of hydrogen-bond acceptors (Lipinski definition) is 3. The number of rotatable bonds is 6. The molecule has 0 bridgehead atoms. The standard InChI is InChI=1S/C17H29N5O2.ClH/c1-11(2)22(12(3)4)9-13(5)8-21-10-18-15-14(21)16(23)20(7)17(24)19(15)6;/h10-13H,8-9H2,1-7H3;1H. The largest absolute Gasteiger partial charge is 1.00 e. The second-order valence-corrected chi connectivity index (χ2v) is 7.47. The molecule has 8 heteroatoms. The Morgan fingerprint density at radius 1 is 1.04 bits per heavy atom. The highest BCUT2D eigenvalue weighted by Crippen LogP contribution is 2.08. The van der Waals surface area contributed by atoms with E-state index in [1.165, 1.54) is 11.6 Å². The zero-order valence-corrected chi connectivity index (χ0v) is 17.0. The fraction of sp³-hybridized carbons (Fsp3) is 0.706. The molecule has 0 saturated heterocycles. The number of imidazole rings is 1. The van der Waals surface area contributed by atoms with Gasteiger partial charge in [0.05, 0.1) is 25.0 Å². The Bertz CT molecular complexity index is 826. The molecule has 1 N–H and O–H groups in total. The SMILES string of the molecule is CC(Cn1cnc2c1c(=O)n(C)c(=O)n2C)C[NH+](C(C)C)C(C)C.[Cl-]. The van der Waals surface area contributed by atoms with Gasteiger partial charge in [-0.15, -0.1) is 0 Å². The van der Waals surface area contributed by atoms with Gasteiger partial charge in [-0.25, -0.2) is 9.78 Å². The van der Waals surface area contributed by atoms with Gasteiger partial charge in [-0.1, -0.05) is 6.92 Å². The Hall–Kier alpha value is -1.60. The summed E-state index contributed by atoms with van der Waals surface area (Å²) in [7, 11) is 3.16. The van der Waals surface area contributed by atoms with Crippen LogP contribution in [0.25, 0.3) is 11.2 Å². The zero-order valence-electron chi connectivity index (χ0n) is 16.2. The lowest BCUT2D eigenvalue weighted by molar-refractivity contribution is -0.945. The van der Waals surface area contributed by atoms with Crippen LogP contribution in [0.5, 0.6) is 0 Å². The van der Waals surface area contributed by atoms with E-state index in [-0.39, 0.29) is 23.7 Å². The van der Waals surface area contributed by atoms with Crippen LogP contribution in [-0.2, 0) is 20.6 Å². The number of nitrogens with zero attached hydrogens (tertiary/aromatic N) is 4. The molecule has 0 spiro atoms. The van der Waals surface area contributed by atoms with E-state index in [4.69, 9.17) is 0 Å². The summed E-state index contributed by atoms with van der Waals surface area (Å²) < 4.78 is 4.46. The Morgan fingerprint density at radius 2 is 1.60 bits per heavy atom. The van der Waals surface area contributed by atoms with Crippen LogP contribution in [0.1, 0.15) is 34.6 Å². The summed E-state index contributed by atoms with van der Waals surface area (Å²) in [5.41, 5.74) is 0.324. The van der Waals surface area contributed by atoms with Crippen molar-refractivity contribution >= 4 is 11.2 Å². The van der Waals surface area contributed by atoms with Crippen molar-refractivity contribution < 1.29 is 17.3 Å². The summed E-state index contributed by atoms with van der Waals surface area (Å²) in [4.78, 5) is 30.3. The molecule has 2 heterocycles. The lowest BCUT2D eigenvalue weighted by atomic mass is 10.1. The molecule has 0 aliphatic rings. The second-order valence-electron chi connectivity index (χ2n) is 7.47. The number of nitrogens with one attached hydrogen (secondary N) is 1. The number of halogens is 1. The molecule has 1 unspecified atom stereocenters. The van der Waals surface area contributed by atoms with E-state index in [9.17, 15) is 9.59 Å². The smallest absolute Gasteiger partial charge is 0.332 e. The molecule has 0 fully saturated rings. The van der Waals surface area contributed by atoms with Gasteiger partial charge in [0.15, 0.2) is 11.2 Å². The molecule has 1 atom stereocenters. The number of quaternary nitrogens is 1. The summed E-state index contributed by atoms with van der Waals surface area (Å²) in [5.74, 6) is 0.393. The first-order valence-corrected chi connectivity index (χ1v) is 8.61. The lowest BCUT2D eigenvalue weighted by Crippen LogP contribution is -3.18. The molecule has 0 aliphatic heterocycles. The molecule has 2 aromatic rings. The fourth-order valence-electron chi connectivity index (χ4n) is 3.48. The highest BCUT2D eigenvalue weighted by atomic mass is 35.5. The van der Waals surface area contributed by atoms with Crippen LogP contribution in [0.4, 0.5) is 0 Å². The first-order chi connectivity index (χ1) is 11.1. The predicted octanol–water partition coefficient (Wildman–Crippen LogP) is -3.22. The van der Waals surface area contributed by atoms with Gasteiger partial charge in [0, 0.05) is 26.6 Å². The summed E-state index contributed by atoms with van der Waals surface area (Å²) in [5, 5.41) is 0. The average molecular weight is 372 g/mol. The van der Waals surface area contributed by atoms with Crippen molar-refractivity contribution in [1.82, 2.24) is 18.7 Å². The average Bonchev–Trinajstić information content (AvgIpc) is 2.91. The van der Waals surface area contributed by atoms with Gasteiger partial charge < -0.3 is 21.9 Å². The maximum atomic E-state index is 12.5. The van der Waals surface area contributed by atoms with E-state index in [0.29, 0.717) is 35.7 Å². The summed E-state index contributed by atoms with van der Waals surface area (Å²) in [6, 6.07) is 1.11. The summed E-state index contributed by atoms with van der Waals surface area (Å²) >= 11 is 0. The lowest BCUT2D eigenvalue weighted by Gasteiger charge is -2.30. The van der Waals surface area contributed by atoms with Crippen LogP contribution in [-0.4, -0.2) is 37.3 Å². The van der Waals surface area contributed by atoms with E-state index >= 15 is 0 Å². The summed E-state index contributed by atoms with van der Waals surface area (Å²) in [6.07, 6.45) is 1.67. The highest BCUT2D eigenvalue weighted by Gasteiger charge is 2.22. The van der Waals surface area contributed by atoms with Crippen LogP contribution in [0.15, 0.2) is 15.9 Å². The minimum Gasteiger partial charge on any atom is -1.00 e. The van der Waals surface area contributed by atoms with Crippen molar-refractivity contribution in [3.8, 4) is 0 Å². The number of fused-ring (bicyclic) bond motifs is 1. The molecule has 2 aromatic heterocycles. The minimum atomic E-state index is -0.346. The molecular formula is C17H30ClN5O2. The highest BCUT2D eigenvalue weighted by molar-refractivity contribution is 5.69. The predicted molar refractivity (Wildman–Crippen MR) is 95.5 cm³/mol. The quantitative estimate of drug-likeness (QED) is 0.581. The molecule has 0 aromatic carbocycles. The fourth-order valence-corrected chi connectivity index (χ4v) is 3.48. The second kappa shape index (κ2) is 8.19. The molecule has 0 amide bonds. The Morgan fingerprint density at radius 3 is 2.12 bits per heavy atom. The van der Waals surface area contributed by atoms with Gasteiger partial charge in [-0.05, 0) is 27.7 Å². The third-order valence-corrected chi connectivity index (χ3v) is 4.79.